The molecule has 4 amide bonds. The molecule has 3 unspecified atom stereocenters. The zero-order valence-electron chi connectivity index (χ0n) is 63.9. The number of fused-ring (bicyclic) bond motifs is 4. The van der Waals surface area contributed by atoms with Crippen LogP contribution in [0.2, 0.25) is 60.3 Å². The second kappa shape index (κ2) is 36.6. The molecule has 0 fully saturated rings. The molecule has 0 saturated heterocycles. The van der Waals surface area contributed by atoms with E-state index in [1.807, 2.05) is 43.3 Å². The lowest BCUT2D eigenvalue weighted by Crippen LogP contribution is -2.46. The van der Waals surface area contributed by atoms with Crippen LogP contribution in [0.25, 0.3) is 5.57 Å². The summed E-state index contributed by atoms with van der Waals surface area (Å²) in [6, 6.07) is 55.7. The third kappa shape index (κ3) is 17.4. The van der Waals surface area contributed by atoms with Gasteiger partial charge in [-0.15, -0.1) is 0 Å². The number of aromatic nitrogens is 4. The number of ether oxygens (including phenoxy) is 3. The van der Waals surface area contributed by atoms with Gasteiger partial charge in [0.25, 0.3) is 23.6 Å². The maximum Gasteiger partial charge on any atom is 0.257 e. The number of carbonyl (C=O) groups is 4. The first-order valence-corrected chi connectivity index (χ1v) is 42.3. The van der Waals surface area contributed by atoms with Gasteiger partial charge in [0, 0.05) is 125 Å². The summed E-state index contributed by atoms with van der Waals surface area (Å²) in [5.74, 6) is -1.07. The van der Waals surface area contributed by atoms with Crippen molar-refractivity contribution in [3.8, 4) is 0 Å². The van der Waals surface area contributed by atoms with Gasteiger partial charge in [0.2, 0.25) is 0 Å². The standard InChI is InChI=1S/C24H21Cl3N2O3.C24H19Cl3N2O2.C21H14BrCl3N2O2.C20H12BrCl3N2O2/c1-23(2,31)15-10-19-21(20(27)11-15)24(32-3,14-4-6-16(25)7-5-14)29(22(19)30)13-18-9-8-17(26)12-28-18;1-14(2)15-10-20-22(21(27)11-15)24(31-3,16-4-6-17(25)7-5-16)29(23(20)30)13-19-9-8-18(26)12-28-19;1-29-21(12-2-4-14(23)5-3-12)19-17(8-13(22)9-18(19)25)20(28)27(21)11-16-7-6-15(24)10-26-16;21-12-7-16-18(17(24)8-12)20(28,11-1-3-13(22)4-2-11)26(19(16)27)10-15-6-5-14(23)9-25-15/h4-12,31H,13H2,1-3H3;4-12H,1,13H2,2-3H3;2-10H,11H2,1H3;1-9,28H,10H2/t24-;;;/m1.../s1. The molecule has 16 rings (SSSR count). The molecule has 0 radical (unpaired) electrons. The van der Waals surface area contributed by atoms with Crippen LogP contribution in [-0.2, 0) is 68.9 Å². The molecule has 8 heterocycles. The molecule has 2 N–H and O–H groups in total. The van der Waals surface area contributed by atoms with Gasteiger partial charge in [-0.2, -0.15) is 0 Å². The number of rotatable bonds is 17. The molecule has 0 spiro atoms. The maximum atomic E-state index is 13.7. The fraction of sp³-hybridized carbons (Fsp3) is 0.169. The van der Waals surface area contributed by atoms with Crippen molar-refractivity contribution >= 4 is 200 Å². The number of hydrogen-bond acceptors (Lipinski definition) is 13. The first-order valence-electron chi connectivity index (χ1n) is 36.2. The van der Waals surface area contributed by atoms with Gasteiger partial charge in [-0.25, -0.2) is 0 Å². The molecule has 0 bridgehead atoms. The molecule has 12 aromatic rings. The van der Waals surface area contributed by atoms with Gasteiger partial charge in [0.1, 0.15) is 0 Å². The number of carbonyl (C=O) groups excluding carboxylic acids is 4. The SMILES string of the molecule is C=C(C)c1cc(Cl)c2c(c1)C(=O)N(Cc1ccc(Cl)cn1)C2(OC)c1ccc(Cl)cc1.COC1(c2ccc(Cl)cc2)c2c(Cl)cc(Br)cc2C(=O)N1Cc1ccc(Cl)cn1.CO[C@]1(c2ccc(Cl)cc2)c2c(Cl)cc(C(C)(C)O)cc2C(=O)N1Cc1ccc(Cl)cn1.O=C1c2cc(Br)cc(Cl)c2C(O)(c2ccc(Cl)cc2)N1Cc1ccc(Cl)cn1. The van der Waals surface area contributed by atoms with E-state index in [0.29, 0.717) is 148 Å². The molecule has 0 aliphatic carbocycles. The topological polar surface area (TPSA) is 201 Å². The predicted molar refractivity (Wildman–Crippen MR) is 480 cm³/mol. The van der Waals surface area contributed by atoms with Gasteiger partial charge in [-0.05, 0) is 177 Å². The molecular formula is C89H66Br2Cl12N8O9. The fourth-order valence-electron chi connectivity index (χ4n) is 15.0. The average Bonchev–Trinajstić information content (AvgIpc) is 1.57. The molecule has 614 valence electrons. The fourth-order valence-corrected chi connectivity index (χ4v) is 18.5. The van der Waals surface area contributed by atoms with E-state index in [0.717, 1.165) is 22.3 Å². The van der Waals surface area contributed by atoms with Gasteiger partial charge in [0.05, 0.1) is 111 Å². The quantitative estimate of drug-likeness (QED) is 0.0873. The molecule has 31 heteroatoms. The molecular weight excluding hydrogens is 1910 g/mol. The molecule has 4 aliphatic heterocycles. The molecule has 17 nitrogen and oxygen atoms in total. The summed E-state index contributed by atoms with van der Waals surface area (Å²) >= 11 is 81.6. The number of nitrogens with zero attached hydrogens (tertiary/aromatic N) is 8. The van der Waals surface area contributed by atoms with E-state index in [2.05, 4.69) is 58.4 Å². The van der Waals surface area contributed by atoms with E-state index in [1.165, 1.54) is 24.4 Å². The van der Waals surface area contributed by atoms with Crippen molar-refractivity contribution in [1.29, 1.82) is 0 Å². The highest BCUT2D eigenvalue weighted by Crippen LogP contribution is 2.55. The van der Waals surface area contributed by atoms with Crippen LogP contribution in [-0.4, -0.2) is 94.7 Å². The summed E-state index contributed by atoms with van der Waals surface area (Å²) in [5.41, 5.74) is 4.20. The molecule has 8 aromatic carbocycles. The van der Waals surface area contributed by atoms with Crippen LogP contribution >= 0.6 is 171 Å². The summed E-state index contributed by atoms with van der Waals surface area (Å²) in [6.45, 7) is 9.75. The van der Waals surface area contributed by atoms with E-state index in [1.54, 1.807) is 213 Å². The minimum Gasteiger partial charge on any atom is -0.386 e. The molecule has 4 atom stereocenters. The molecule has 0 saturated carbocycles. The molecule has 4 aliphatic rings. The second-order valence-electron chi connectivity index (χ2n) is 28.4. The summed E-state index contributed by atoms with van der Waals surface area (Å²) < 4.78 is 19.6. The Morgan fingerprint density at radius 2 is 0.642 bits per heavy atom. The molecule has 120 heavy (non-hydrogen) atoms. The zero-order chi connectivity index (χ0) is 86.4. The lowest BCUT2D eigenvalue weighted by Gasteiger charge is -2.38. The normalized spacial score (nSPS) is 18.1. The largest absolute Gasteiger partial charge is 0.386 e. The van der Waals surface area contributed by atoms with Gasteiger partial charge in [0.15, 0.2) is 22.9 Å². The van der Waals surface area contributed by atoms with E-state index < -0.39 is 28.5 Å². The van der Waals surface area contributed by atoms with Crippen molar-refractivity contribution in [2.45, 2.75) is 75.5 Å². The number of benzene rings is 8. The van der Waals surface area contributed by atoms with Gasteiger partial charge >= 0.3 is 0 Å². The number of halogens is 14. The summed E-state index contributed by atoms with van der Waals surface area (Å²) in [5, 5.41) is 28.1. The van der Waals surface area contributed by atoms with Crippen molar-refractivity contribution in [2.24, 2.45) is 0 Å². The van der Waals surface area contributed by atoms with Crippen LogP contribution in [0.5, 0.6) is 0 Å². The van der Waals surface area contributed by atoms with Crippen LogP contribution in [0.1, 0.15) is 141 Å². The van der Waals surface area contributed by atoms with Crippen LogP contribution in [0, 0.1) is 0 Å². The second-order valence-corrected chi connectivity index (χ2v) is 35.4. The van der Waals surface area contributed by atoms with Gasteiger partial charge in [-0.3, -0.25) is 58.7 Å². The van der Waals surface area contributed by atoms with Crippen LogP contribution in [0.15, 0.2) is 234 Å². The number of aliphatic hydroxyl groups is 2. The maximum absolute atomic E-state index is 13.7. The Kier molecular flexibility index (Phi) is 27.4. The highest BCUT2D eigenvalue weighted by atomic mass is 79.9. The number of amides is 4. The Hall–Kier alpha value is -7.78. The average molecular weight is 1980 g/mol. The van der Waals surface area contributed by atoms with E-state index >= 15 is 0 Å². The Labute approximate surface area is 768 Å². The Morgan fingerprint density at radius 3 is 0.950 bits per heavy atom. The van der Waals surface area contributed by atoms with Crippen molar-refractivity contribution in [2.75, 3.05) is 21.3 Å². The Bertz CT molecular complexity index is 5970. The van der Waals surface area contributed by atoms with Crippen LogP contribution in [0.4, 0.5) is 0 Å². The third-order valence-corrected chi connectivity index (χ3v) is 24.6. The van der Waals surface area contributed by atoms with Gasteiger partial charge < -0.3 is 24.4 Å². The van der Waals surface area contributed by atoms with Crippen molar-refractivity contribution < 1.29 is 43.6 Å². The number of methoxy groups -OCH3 is 3. The number of hydrogen-bond donors (Lipinski definition) is 2. The monoisotopic (exact) mass is 1970 g/mol. The first-order chi connectivity index (χ1) is 57.0. The minimum absolute atomic E-state index is 0.0672. The van der Waals surface area contributed by atoms with Crippen molar-refractivity contribution in [1.82, 2.24) is 39.5 Å². The van der Waals surface area contributed by atoms with Crippen LogP contribution in [0.3, 0.4) is 0 Å². The number of allylic oxidation sites excluding steroid dienone is 1. The Morgan fingerprint density at radius 1 is 0.375 bits per heavy atom. The summed E-state index contributed by atoms with van der Waals surface area (Å²) in [7, 11) is 4.64. The van der Waals surface area contributed by atoms with E-state index in [4.69, 9.17) is 153 Å². The van der Waals surface area contributed by atoms with Crippen molar-refractivity contribution in [3.05, 3.63) is 395 Å². The van der Waals surface area contributed by atoms with Gasteiger partial charge in [-0.1, -0.05) is 232 Å². The minimum atomic E-state index is -1.77. The summed E-state index contributed by atoms with van der Waals surface area (Å²) in [4.78, 5) is 77.6. The summed E-state index contributed by atoms with van der Waals surface area (Å²) in [6.07, 6.45) is 6.12. The Balaban J connectivity index is 0.000000138. The highest BCUT2D eigenvalue weighted by molar-refractivity contribution is 9.10. The lowest BCUT2D eigenvalue weighted by atomic mass is 9.89. The van der Waals surface area contributed by atoms with Crippen LogP contribution < -0.4 is 0 Å². The number of pyridine rings is 4. The highest BCUT2D eigenvalue weighted by Gasteiger charge is 2.57. The molecule has 4 aromatic heterocycles. The van der Waals surface area contributed by atoms with E-state index in [-0.39, 0.29) is 54.8 Å². The first kappa shape index (κ1) is 90.0. The van der Waals surface area contributed by atoms with E-state index in [9.17, 15) is 29.4 Å². The lowest BCUT2D eigenvalue weighted by molar-refractivity contribution is -0.0870. The third-order valence-electron chi connectivity index (χ3n) is 20.6. The van der Waals surface area contributed by atoms with Crippen molar-refractivity contribution in [3.63, 3.8) is 0 Å². The zero-order valence-corrected chi connectivity index (χ0v) is 76.2. The smallest absolute Gasteiger partial charge is 0.257 e. The predicted octanol–water partition coefficient (Wildman–Crippen LogP) is 24.3.